The van der Waals surface area contributed by atoms with Crippen LogP contribution in [-0.2, 0) is 0 Å². The fraction of sp³-hybridized carbons (Fsp3) is 0.533. The van der Waals surface area contributed by atoms with Gasteiger partial charge in [-0.25, -0.2) is 0 Å². The third-order valence-electron chi connectivity index (χ3n) is 4.05. The van der Waals surface area contributed by atoms with Crippen molar-refractivity contribution in [3.63, 3.8) is 0 Å². The normalized spacial score (nSPS) is 17.2. The molecule has 1 aromatic rings. The van der Waals surface area contributed by atoms with Crippen LogP contribution >= 0.6 is 0 Å². The summed E-state index contributed by atoms with van der Waals surface area (Å²) in [5.74, 6) is 1.38. The largest absolute Gasteiger partial charge is 0.497 e. The molecule has 1 aliphatic carbocycles. The lowest BCUT2D eigenvalue weighted by Crippen LogP contribution is -2.36. The molecule has 0 saturated heterocycles. The van der Waals surface area contributed by atoms with E-state index in [4.69, 9.17) is 15.2 Å². The molecule has 0 amide bonds. The molecule has 0 heterocycles. The summed E-state index contributed by atoms with van der Waals surface area (Å²) in [6.45, 7) is 0.408. The van der Waals surface area contributed by atoms with Crippen LogP contribution in [0.1, 0.15) is 36.0 Å². The number of hydrogen-bond acceptors (Lipinski definition) is 4. The second kappa shape index (κ2) is 5.61. The van der Waals surface area contributed by atoms with Gasteiger partial charge in [-0.15, -0.1) is 0 Å². The lowest BCUT2D eigenvalue weighted by atomic mass is 9.79. The van der Waals surface area contributed by atoms with Gasteiger partial charge in [0, 0.05) is 23.6 Å². The van der Waals surface area contributed by atoms with Crippen molar-refractivity contribution in [1.82, 2.24) is 0 Å². The Balaban J connectivity index is 2.37. The van der Waals surface area contributed by atoms with Crippen LogP contribution in [0.5, 0.6) is 11.5 Å². The van der Waals surface area contributed by atoms with E-state index in [-0.39, 0.29) is 5.78 Å². The molecule has 0 radical (unpaired) electrons. The van der Waals surface area contributed by atoms with Gasteiger partial charge in [0.2, 0.25) is 0 Å². The van der Waals surface area contributed by atoms with Gasteiger partial charge in [-0.3, -0.25) is 4.79 Å². The van der Waals surface area contributed by atoms with Crippen molar-refractivity contribution < 1.29 is 14.3 Å². The Kier molecular flexibility index (Phi) is 4.10. The monoisotopic (exact) mass is 263 g/mol. The number of ether oxygens (including phenoxy) is 2. The molecule has 2 rings (SSSR count). The Hall–Kier alpha value is -1.55. The fourth-order valence-electron chi connectivity index (χ4n) is 2.82. The van der Waals surface area contributed by atoms with Crippen LogP contribution < -0.4 is 15.2 Å². The Morgan fingerprint density at radius 2 is 1.68 bits per heavy atom. The number of nitrogens with two attached hydrogens (primary N) is 1. The predicted octanol–water partition coefficient (Wildman–Crippen LogP) is 2.41. The van der Waals surface area contributed by atoms with Crippen molar-refractivity contribution in [2.75, 3.05) is 20.8 Å². The summed E-state index contributed by atoms with van der Waals surface area (Å²) in [6, 6.07) is 5.29. The van der Waals surface area contributed by atoms with Crippen molar-refractivity contribution in [3.8, 4) is 11.5 Å². The third kappa shape index (κ3) is 2.59. The van der Waals surface area contributed by atoms with E-state index in [2.05, 4.69) is 0 Å². The minimum atomic E-state index is -0.391. The van der Waals surface area contributed by atoms with E-state index in [0.717, 1.165) is 25.7 Å². The standard InChI is InChI=1S/C15H21NO3/c1-18-12-7-11(8-13(9-12)19-2)14(17)15(10-16)5-3-4-6-15/h7-9H,3-6,10,16H2,1-2H3. The van der Waals surface area contributed by atoms with E-state index < -0.39 is 5.41 Å². The molecule has 4 heteroatoms. The first kappa shape index (κ1) is 13.9. The van der Waals surface area contributed by atoms with Crippen LogP contribution in [0.2, 0.25) is 0 Å². The number of rotatable bonds is 5. The average Bonchev–Trinajstić information content (AvgIpc) is 2.95. The number of hydrogen-bond donors (Lipinski definition) is 1. The smallest absolute Gasteiger partial charge is 0.170 e. The zero-order valence-electron chi connectivity index (χ0n) is 11.6. The molecule has 0 spiro atoms. The Labute approximate surface area is 113 Å². The number of methoxy groups -OCH3 is 2. The second-order valence-electron chi connectivity index (χ2n) is 5.12. The lowest BCUT2D eigenvalue weighted by molar-refractivity contribution is 0.0809. The zero-order chi connectivity index (χ0) is 13.9. The summed E-state index contributed by atoms with van der Waals surface area (Å²) < 4.78 is 10.4. The van der Waals surface area contributed by atoms with Gasteiger partial charge < -0.3 is 15.2 Å². The molecule has 0 unspecified atom stereocenters. The summed E-state index contributed by atoms with van der Waals surface area (Å²) in [5.41, 5.74) is 6.10. The van der Waals surface area contributed by atoms with Crippen molar-refractivity contribution in [1.29, 1.82) is 0 Å². The summed E-state index contributed by atoms with van der Waals surface area (Å²) in [6.07, 6.45) is 3.90. The maximum absolute atomic E-state index is 12.7. The molecule has 0 aromatic heterocycles. The van der Waals surface area contributed by atoms with Crippen LogP contribution in [0, 0.1) is 5.41 Å². The third-order valence-corrected chi connectivity index (χ3v) is 4.05. The maximum Gasteiger partial charge on any atom is 0.170 e. The average molecular weight is 263 g/mol. The second-order valence-corrected chi connectivity index (χ2v) is 5.12. The SMILES string of the molecule is COc1cc(OC)cc(C(=O)C2(CN)CCCC2)c1. The molecule has 2 N–H and O–H groups in total. The number of ketones is 1. The summed E-state index contributed by atoms with van der Waals surface area (Å²) in [4.78, 5) is 12.7. The van der Waals surface area contributed by atoms with Gasteiger partial charge >= 0.3 is 0 Å². The lowest BCUT2D eigenvalue weighted by Gasteiger charge is -2.25. The Morgan fingerprint density at radius 1 is 1.16 bits per heavy atom. The van der Waals surface area contributed by atoms with Crippen LogP contribution in [0.15, 0.2) is 18.2 Å². The summed E-state index contributed by atoms with van der Waals surface area (Å²) >= 11 is 0. The molecular formula is C15H21NO3. The maximum atomic E-state index is 12.7. The first-order valence-corrected chi connectivity index (χ1v) is 6.63. The first-order chi connectivity index (χ1) is 9.15. The van der Waals surface area contributed by atoms with Gasteiger partial charge in [-0.1, -0.05) is 12.8 Å². The molecule has 1 saturated carbocycles. The minimum absolute atomic E-state index is 0.115. The van der Waals surface area contributed by atoms with Crippen LogP contribution in [0.25, 0.3) is 0 Å². The first-order valence-electron chi connectivity index (χ1n) is 6.63. The van der Waals surface area contributed by atoms with E-state index in [1.165, 1.54) is 0 Å². The van der Waals surface area contributed by atoms with Crippen molar-refractivity contribution >= 4 is 5.78 Å². The molecule has 0 aliphatic heterocycles. The van der Waals surface area contributed by atoms with Gasteiger partial charge in [0.25, 0.3) is 0 Å². The number of benzene rings is 1. The molecule has 1 aliphatic rings. The molecule has 19 heavy (non-hydrogen) atoms. The predicted molar refractivity (Wildman–Crippen MR) is 73.8 cm³/mol. The number of carbonyl (C=O) groups is 1. The van der Waals surface area contributed by atoms with Crippen molar-refractivity contribution in [2.45, 2.75) is 25.7 Å². The van der Waals surface area contributed by atoms with Crippen molar-refractivity contribution in [2.24, 2.45) is 11.1 Å². The topological polar surface area (TPSA) is 61.5 Å². The number of carbonyl (C=O) groups excluding carboxylic acids is 1. The summed E-state index contributed by atoms with van der Waals surface area (Å²) in [7, 11) is 3.16. The Morgan fingerprint density at radius 3 is 2.11 bits per heavy atom. The van der Waals surface area contributed by atoms with Gasteiger partial charge in [0.1, 0.15) is 11.5 Å². The molecule has 104 valence electrons. The number of Topliss-reactive ketones (excluding diaryl/α,β-unsaturated/α-hetero) is 1. The highest BCUT2D eigenvalue weighted by molar-refractivity contribution is 6.01. The highest BCUT2D eigenvalue weighted by Crippen LogP contribution is 2.40. The zero-order valence-corrected chi connectivity index (χ0v) is 11.6. The highest BCUT2D eigenvalue weighted by atomic mass is 16.5. The van der Waals surface area contributed by atoms with E-state index in [1.54, 1.807) is 32.4 Å². The molecule has 0 atom stereocenters. The fourth-order valence-corrected chi connectivity index (χ4v) is 2.82. The van der Waals surface area contributed by atoms with Gasteiger partial charge in [0.05, 0.1) is 14.2 Å². The molecule has 4 nitrogen and oxygen atoms in total. The van der Waals surface area contributed by atoms with Gasteiger partial charge in [0.15, 0.2) is 5.78 Å². The molecular weight excluding hydrogens is 242 g/mol. The van der Waals surface area contributed by atoms with E-state index >= 15 is 0 Å². The van der Waals surface area contributed by atoms with E-state index in [0.29, 0.717) is 23.6 Å². The van der Waals surface area contributed by atoms with E-state index in [1.807, 2.05) is 0 Å². The molecule has 0 bridgehead atoms. The van der Waals surface area contributed by atoms with E-state index in [9.17, 15) is 4.79 Å². The molecule has 1 aromatic carbocycles. The van der Waals surface area contributed by atoms with Crippen LogP contribution in [0.3, 0.4) is 0 Å². The van der Waals surface area contributed by atoms with Crippen LogP contribution in [0.4, 0.5) is 0 Å². The van der Waals surface area contributed by atoms with Crippen LogP contribution in [-0.4, -0.2) is 26.5 Å². The summed E-state index contributed by atoms with van der Waals surface area (Å²) in [5, 5.41) is 0. The highest BCUT2D eigenvalue weighted by Gasteiger charge is 2.40. The minimum Gasteiger partial charge on any atom is -0.497 e. The van der Waals surface area contributed by atoms with Gasteiger partial charge in [-0.05, 0) is 25.0 Å². The molecule has 1 fully saturated rings. The Bertz CT molecular complexity index is 442. The van der Waals surface area contributed by atoms with Crippen molar-refractivity contribution in [3.05, 3.63) is 23.8 Å². The quantitative estimate of drug-likeness (QED) is 0.829. The van der Waals surface area contributed by atoms with Gasteiger partial charge in [-0.2, -0.15) is 0 Å².